The Kier molecular flexibility index (Phi) is 4.16. The average molecular weight is 322 g/mol. The molecular formula is C14H14N2O5S. The van der Waals surface area contributed by atoms with Crippen molar-refractivity contribution >= 4 is 15.7 Å². The van der Waals surface area contributed by atoms with Gasteiger partial charge in [0.1, 0.15) is 0 Å². The molecule has 0 spiro atoms. The van der Waals surface area contributed by atoms with Gasteiger partial charge in [0.2, 0.25) is 10.0 Å². The van der Waals surface area contributed by atoms with Crippen molar-refractivity contribution in [3.63, 3.8) is 0 Å². The number of sulfonamides is 1. The molecule has 2 aromatic carbocycles. The average Bonchev–Trinajstić information content (AvgIpc) is 2.47. The van der Waals surface area contributed by atoms with Crippen LogP contribution in [0.3, 0.4) is 0 Å². The smallest absolute Gasteiger partial charge is 0.311 e. The van der Waals surface area contributed by atoms with E-state index in [1.54, 1.807) is 12.1 Å². The van der Waals surface area contributed by atoms with Gasteiger partial charge in [-0.05, 0) is 29.3 Å². The number of rotatable bonds is 4. The van der Waals surface area contributed by atoms with Crippen LogP contribution in [0.15, 0.2) is 47.4 Å². The number of hydrogen-bond acceptors (Lipinski definition) is 5. The van der Waals surface area contributed by atoms with Gasteiger partial charge >= 0.3 is 5.69 Å². The molecule has 0 bridgehead atoms. The van der Waals surface area contributed by atoms with Crippen LogP contribution in [0.1, 0.15) is 0 Å². The molecule has 0 radical (unpaired) electrons. The van der Waals surface area contributed by atoms with E-state index in [0.29, 0.717) is 11.1 Å². The third-order valence-electron chi connectivity index (χ3n) is 3.12. The first kappa shape index (κ1) is 15.9. The van der Waals surface area contributed by atoms with Crippen LogP contribution < -0.4 is 0 Å². The van der Waals surface area contributed by atoms with Crippen LogP contribution in [0.25, 0.3) is 11.1 Å². The van der Waals surface area contributed by atoms with Gasteiger partial charge in [0.25, 0.3) is 0 Å². The summed E-state index contributed by atoms with van der Waals surface area (Å²) >= 11 is 0. The van der Waals surface area contributed by atoms with Crippen molar-refractivity contribution in [1.29, 1.82) is 0 Å². The molecule has 0 aliphatic carbocycles. The summed E-state index contributed by atoms with van der Waals surface area (Å²) in [6.45, 7) is 0. The summed E-state index contributed by atoms with van der Waals surface area (Å²) in [5, 5.41) is 20.3. The predicted molar refractivity (Wildman–Crippen MR) is 81.1 cm³/mol. The lowest BCUT2D eigenvalue weighted by Crippen LogP contribution is -2.22. The molecule has 0 heterocycles. The van der Waals surface area contributed by atoms with E-state index in [4.69, 9.17) is 0 Å². The van der Waals surface area contributed by atoms with Crippen molar-refractivity contribution in [2.45, 2.75) is 4.90 Å². The molecule has 0 fully saturated rings. The Morgan fingerprint density at radius 1 is 1.09 bits per heavy atom. The molecule has 0 unspecified atom stereocenters. The van der Waals surface area contributed by atoms with Crippen molar-refractivity contribution in [3.05, 3.63) is 52.6 Å². The second kappa shape index (κ2) is 5.74. The molecule has 2 rings (SSSR count). The van der Waals surface area contributed by atoms with E-state index >= 15 is 0 Å². The number of hydrogen-bond donors (Lipinski definition) is 1. The molecule has 0 saturated carbocycles. The van der Waals surface area contributed by atoms with E-state index in [9.17, 15) is 23.6 Å². The molecule has 8 heteroatoms. The van der Waals surface area contributed by atoms with Crippen LogP contribution in [0.5, 0.6) is 5.75 Å². The third-order valence-corrected chi connectivity index (χ3v) is 4.93. The van der Waals surface area contributed by atoms with Gasteiger partial charge in [-0.2, -0.15) is 0 Å². The fraction of sp³-hybridized carbons (Fsp3) is 0.143. The Morgan fingerprint density at radius 2 is 1.73 bits per heavy atom. The van der Waals surface area contributed by atoms with Gasteiger partial charge in [0.05, 0.1) is 9.82 Å². The Bertz CT molecular complexity index is 831. The summed E-state index contributed by atoms with van der Waals surface area (Å²) in [7, 11) is -0.744. The first-order valence-electron chi connectivity index (χ1n) is 6.24. The molecular weight excluding hydrogens is 308 g/mol. The zero-order valence-corrected chi connectivity index (χ0v) is 12.7. The Morgan fingerprint density at radius 3 is 2.32 bits per heavy atom. The van der Waals surface area contributed by atoms with Gasteiger partial charge in [0.15, 0.2) is 5.75 Å². The van der Waals surface area contributed by atoms with Crippen LogP contribution in [0.2, 0.25) is 0 Å². The number of nitro benzene ring substituents is 1. The second-order valence-electron chi connectivity index (χ2n) is 4.78. The maximum atomic E-state index is 12.1. The van der Waals surface area contributed by atoms with E-state index in [2.05, 4.69) is 0 Å². The monoisotopic (exact) mass is 322 g/mol. The molecule has 0 aliphatic heterocycles. The highest BCUT2D eigenvalue weighted by molar-refractivity contribution is 7.89. The maximum Gasteiger partial charge on any atom is 0.311 e. The van der Waals surface area contributed by atoms with E-state index in [1.807, 2.05) is 0 Å². The highest BCUT2D eigenvalue weighted by atomic mass is 32.2. The minimum Gasteiger partial charge on any atom is -0.502 e. The summed E-state index contributed by atoms with van der Waals surface area (Å²) in [6.07, 6.45) is 0. The summed E-state index contributed by atoms with van der Waals surface area (Å²) in [6, 6.07) is 10.00. The van der Waals surface area contributed by atoms with E-state index < -0.39 is 26.4 Å². The third kappa shape index (κ3) is 2.92. The zero-order chi connectivity index (χ0) is 16.5. The SMILES string of the molecule is CN(C)S(=O)(=O)c1cccc(-c2ccc(O)c([N+](=O)[O-])c2)c1. The van der Waals surface area contributed by atoms with Crippen LogP contribution in [0.4, 0.5) is 5.69 Å². The number of phenolic OH excluding ortho intramolecular Hbond substituents is 1. The normalized spacial score (nSPS) is 11.6. The standard InChI is InChI=1S/C14H14N2O5S/c1-15(2)22(20,21)12-5-3-4-10(8-12)11-6-7-14(17)13(9-11)16(18)19/h3-9,17H,1-2H3. The molecule has 0 atom stereocenters. The lowest BCUT2D eigenvalue weighted by Gasteiger charge is -2.12. The number of nitrogens with zero attached hydrogens (tertiary/aromatic N) is 2. The Hall–Kier alpha value is -2.45. The van der Waals surface area contributed by atoms with Gasteiger partial charge in [0, 0.05) is 20.2 Å². The first-order chi connectivity index (χ1) is 10.2. The number of nitro groups is 1. The summed E-state index contributed by atoms with van der Waals surface area (Å²) in [5.41, 5.74) is 0.518. The van der Waals surface area contributed by atoms with E-state index in [-0.39, 0.29) is 4.90 Å². The molecule has 1 N–H and O–H groups in total. The first-order valence-corrected chi connectivity index (χ1v) is 7.68. The number of aromatic hydroxyl groups is 1. The molecule has 116 valence electrons. The van der Waals surface area contributed by atoms with Crippen molar-refractivity contribution in [2.24, 2.45) is 0 Å². The van der Waals surface area contributed by atoms with Crippen LogP contribution in [-0.4, -0.2) is 36.8 Å². The predicted octanol–water partition coefficient (Wildman–Crippen LogP) is 2.22. The van der Waals surface area contributed by atoms with Crippen LogP contribution in [-0.2, 0) is 10.0 Å². The van der Waals surface area contributed by atoms with Crippen LogP contribution in [0, 0.1) is 10.1 Å². The van der Waals surface area contributed by atoms with Gasteiger partial charge in [-0.15, -0.1) is 0 Å². The van der Waals surface area contributed by atoms with Gasteiger partial charge in [-0.25, -0.2) is 12.7 Å². The zero-order valence-electron chi connectivity index (χ0n) is 11.9. The Labute approximate surface area is 127 Å². The summed E-state index contributed by atoms with van der Waals surface area (Å²) in [4.78, 5) is 10.3. The topological polar surface area (TPSA) is 101 Å². The highest BCUT2D eigenvalue weighted by Gasteiger charge is 2.19. The summed E-state index contributed by atoms with van der Waals surface area (Å²) < 4.78 is 25.3. The quantitative estimate of drug-likeness (QED) is 0.687. The largest absolute Gasteiger partial charge is 0.502 e. The van der Waals surface area contributed by atoms with Crippen molar-refractivity contribution in [1.82, 2.24) is 4.31 Å². The Balaban J connectivity index is 2.56. The summed E-state index contributed by atoms with van der Waals surface area (Å²) in [5.74, 6) is -0.439. The molecule has 2 aromatic rings. The minimum absolute atomic E-state index is 0.0886. The van der Waals surface area contributed by atoms with Crippen molar-refractivity contribution in [3.8, 4) is 16.9 Å². The van der Waals surface area contributed by atoms with Crippen molar-refractivity contribution in [2.75, 3.05) is 14.1 Å². The highest BCUT2D eigenvalue weighted by Crippen LogP contribution is 2.32. The van der Waals surface area contributed by atoms with Gasteiger partial charge in [-0.3, -0.25) is 10.1 Å². The second-order valence-corrected chi connectivity index (χ2v) is 6.93. The fourth-order valence-electron chi connectivity index (χ4n) is 1.90. The lowest BCUT2D eigenvalue weighted by molar-refractivity contribution is -0.385. The maximum absolute atomic E-state index is 12.1. The molecule has 0 aliphatic rings. The molecule has 0 saturated heterocycles. The fourth-order valence-corrected chi connectivity index (χ4v) is 2.84. The molecule has 22 heavy (non-hydrogen) atoms. The number of phenols is 1. The van der Waals surface area contributed by atoms with Crippen LogP contribution >= 0.6 is 0 Å². The van der Waals surface area contributed by atoms with Gasteiger partial charge in [-0.1, -0.05) is 18.2 Å². The number of benzene rings is 2. The molecule has 0 amide bonds. The lowest BCUT2D eigenvalue weighted by atomic mass is 10.0. The van der Waals surface area contributed by atoms with E-state index in [1.165, 1.54) is 44.4 Å². The van der Waals surface area contributed by atoms with E-state index in [0.717, 1.165) is 4.31 Å². The van der Waals surface area contributed by atoms with Gasteiger partial charge < -0.3 is 5.11 Å². The molecule has 0 aromatic heterocycles. The molecule has 7 nitrogen and oxygen atoms in total. The van der Waals surface area contributed by atoms with Crippen molar-refractivity contribution < 1.29 is 18.4 Å². The minimum atomic E-state index is -3.59.